The normalized spacial score (nSPS) is 12.7. The van der Waals surface area contributed by atoms with Crippen molar-refractivity contribution >= 4 is 17.3 Å². The van der Waals surface area contributed by atoms with Crippen molar-refractivity contribution in [1.29, 1.82) is 5.26 Å². The van der Waals surface area contributed by atoms with Crippen LogP contribution in [0.15, 0.2) is 48.2 Å². The van der Waals surface area contributed by atoms with E-state index in [2.05, 4.69) is 11.9 Å². The molecule has 1 aromatic rings. The van der Waals surface area contributed by atoms with E-state index in [-0.39, 0.29) is 29.1 Å². The number of hydrogen-bond acceptors (Lipinski definition) is 4. The van der Waals surface area contributed by atoms with Crippen LogP contribution in [-0.2, 0) is 4.74 Å². The largest absolute Gasteiger partial charge is 0.478 e. The monoisotopic (exact) mass is 304 g/mol. The molecule has 0 aromatic heterocycles. The molecule has 1 atom stereocenters. The number of rotatable bonds is 6. The summed E-state index contributed by atoms with van der Waals surface area (Å²) in [5.74, 6) is -0.282. The topological polar surface area (TPSA) is 45.0 Å². The van der Waals surface area contributed by atoms with E-state index in [1.165, 1.54) is 12.1 Å². The van der Waals surface area contributed by atoms with Crippen molar-refractivity contribution in [2.75, 3.05) is 6.61 Å². The minimum atomic E-state index is -0.282. The van der Waals surface area contributed by atoms with Crippen molar-refractivity contribution in [1.82, 2.24) is 5.32 Å². The fraction of sp³-hybridized carbons (Fsp3) is 0.250. The maximum atomic E-state index is 12.9. The lowest BCUT2D eigenvalue weighted by Gasteiger charge is -2.17. The maximum Gasteiger partial charge on any atom is 0.204 e. The predicted molar refractivity (Wildman–Crippen MR) is 85.0 cm³/mol. The third-order valence-corrected chi connectivity index (χ3v) is 3.15. The van der Waals surface area contributed by atoms with Gasteiger partial charge in [0, 0.05) is 11.7 Å². The second kappa shape index (κ2) is 8.18. The van der Waals surface area contributed by atoms with Gasteiger partial charge in [-0.3, -0.25) is 0 Å². The standard InChI is InChI=1S/C16H17FN2OS/c1-4-9-20-16(21)15(10-18)12(3)19-11(2)13-5-7-14(17)8-6-13/h4-8,11,19H,1,9H2,2-3H3. The van der Waals surface area contributed by atoms with Gasteiger partial charge in [0.25, 0.3) is 0 Å². The highest BCUT2D eigenvalue weighted by molar-refractivity contribution is 7.80. The number of nitriles is 1. The Kier molecular flexibility index (Phi) is 6.57. The van der Waals surface area contributed by atoms with Crippen LogP contribution in [0.5, 0.6) is 0 Å². The smallest absolute Gasteiger partial charge is 0.204 e. The van der Waals surface area contributed by atoms with Crippen LogP contribution in [0.25, 0.3) is 0 Å². The molecule has 0 heterocycles. The van der Waals surface area contributed by atoms with E-state index in [1.807, 2.05) is 13.0 Å². The first-order valence-electron chi connectivity index (χ1n) is 6.40. The molecule has 0 amide bonds. The van der Waals surface area contributed by atoms with Gasteiger partial charge in [-0.05, 0) is 43.8 Å². The Hall–Kier alpha value is -2.19. The Balaban J connectivity index is 2.85. The van der Waals surface area contributed by atoms with Gasteiger partial charge in [0.1, 0.15) is 24.1 Å². The van der Waals surface area contributed by atoms with E-state index in [0.717, 1.165) is 5.56 Å². The van der Waals surface area contributed by atoms with Crippen molar-refractivity contribution in [2.24, 2.45) is 0 Å². The van der Waals surface area contributed by atoms with Crippen LogP contribution in [0, 0.1) is 17.1 Å². The number of ether oxygens (including phenoxy) is 1. The summed E-state index contributed by atoms with van der Waals surface area (Å²) in [5.41, 5.74) is 1.80. The first-order chi connectivity index (χ1) is 9.99. The van der Waals surface area contributed by atoms with Gasteiger partial charge in [-0.2, -0.15) is 5.26 Å². The SMILES string of the molecule is C=CCOC(=S)C(C#N)=C(C)NC(C)c1ccc(F)cc1. The molecule has 3 nitrogen and oxygen atoms in total. The average Bonchev–Trinajstić information content (AvgIpc) is 2.46. The van der Waals surface area contributed by atoms with E-state index in [9.17, 15) is 9.65 Å². The second-order valence-corrected chi connectivity index (χ2v) is 4.79. The molecule has 0 aliphatic heterocycles. The van der Waals surface area contributed by atoms with Gasteiger partial charge >= 0.3 is 0 Å². The molecule has 110 valence electrons. The van der Waals surface area contributed by atoms with Gasteiger partial charge in [-0.25, -0.2) is 4.39 Å². The number of benzene rings is 1. The zero-order chi connectivity index (χ0) is 15.8. The van der Waals surface area contributed by atoms with Crippen molar-refractivity contribution in [2.45, 2.75) is 19.9 Å². The van der Waals surface area contributed by atoms with Crippen LogP contribution >= 0.6 is 12.2 Å². The van der Waals surface area contributed by atoms with Crippen molar-refractivity contribution in [3.63, 3.8) is 0 Å². The summed E-state index contributed by atoms with van der Waals surface area (Å²) in [6.07, 6.45) is 1.56. The number of thiocarbonyl (C=S) groups is 1. The van der Waals surface area contributed by atoms with Crippen molar-refractivity contribution in [3.05, 3.63) is 59.6 Å². The quantitative estimate of drug-likeness (QED) is 0.376. The lowest BCUT2D eigenvalue weighted by Crippen LogP contribution is -2.20. The Morgan fingerprint density at radius 3 is 2.67 bits per heavy atom. The van der Waals surface area contributed by atoms with E-state index >= 15 is 0 Å². The first-order valence-corrected chi connectivity index (χ1v) is 6.81. The third-order valence-electron chi connectivity index (χ3n) is 2.83. The van der Waals surface area contributed by atoms with Crippen LogP contribution < -0.4 is 5.32 Å². The number of allylic oxidation sites excluding steroid dienone is 1. The molecule has 1 aromatic carbocycles. The zero-order valence-corrected chi connectivity index (χ0v) is 12.8. The fourth-order valence-electron chi connectivity index (χ4n) is 1.72. The number of hydrogen-bond donors (Lipinski definition) is 1. The molecular weight excluding hydrogens is 287 g/mol. The highest BCUT2D eigenvalue weighted by Gasteiger charge is 2.12. The van der Waals surface area contributed by atoms with Crippen LogP contribution in [0.1, 0.15) is 25.5 Å². The van der Waals surface area contributed by atoms with Gasteiger partial charge in [-0.15, -0.1) is 0 Å². The van der Waals surface area contributed by atoms with Gasteiger partial charge in [0.2, 0.25) is 5.05 Å². The highest BCUT2D eigenvalue weighted by atomic mass is 32.1. The van der Waals surface area contributed by atoms with Crippen LogP contribution in [-0.4, -0.2) is 11.7 Å². The van der Waals surface area contributed by atoms with Crippen LogP contribution in [0.4, 0.5) is 4.39 Å². The minimum absolute atomic E-state index is 0.0869. The number of halogens is 1. The van der Waals surface area contributed by atoms with Crippen molar-refractivity contribution < 1.29 is 9.13 Å². The molecular formula is C16H17FN2OS. The van der Waals surface area contributed by atoms with Crippen LogP contribution in [0.3, 0.4) is 0 Å². The Morgan fingerprint density at radius 2 is 2.14 bits per heavy atom. The maximum absolute atomic E-state index is 12.9. The Labute approximate surface area is 129 Å². The molecule has 0 fully saturated rings. The molecule has 0 aliphatic rings. The molecule has 0 spiro atoms. The molecule has 0 saturated heterocycles. The summed E-state index contributed by atoms with van der Waals surface area (Å²) in [7, 11) is 0. The molecule has 5 heteroatoms. The molecule has 0 aliphatic carbocycles. The minimum Gasteiger partial charge on any atom is -0.478 e. The summed E-state index contributed by atoms with van der Waals surface area (Å²) in [4.78, 5) is 0. The second-order valence-electron chi connectivity index (χ2n) is 4.42. The first kappa shape index (κ1) is 16.9. The molecule has 0 radical (unpaired) electrons. The third kappa shape index (κ3) is 5.01. The van der Waals surface area contributed by atoms with E-state index < -0.39 is 0 Å². The zero-order valence-electron chi connectivity index (χ0n) is 12.0. The van der Waals surface area contributed by atoms with Crippen molar-refractivity contribution in [3.8, 4) is 6.07 Å². The molecule has 21 heavy (non-hydrogen) atoms. The summed E-state index contributed by atoms with van der Waals surface area (Å²) in [5, 5.41) is 12.5. The predicted octanol–water partition coefficient (Wildman–Crippen LogP) is 3.80. The van der Waals surface area contributed by atoms with E-state index in [1.54, 1.807) is 25.1 Å². The molecule has 1 rings (SSSR count). The van der Waals surface area contributed by atoms with Gasteiger partial charge in [0.05, 0.1) is 0 Å². The van der Waals surface area contributed by atoms with E-state index in [4.69, 9.17) is 17.0 Å². The summed E-state index contributed by atoms with van der Waals surface area (Å²) in [6, 6.07) is 8.13. The lowest BCUT2D eigenvalue weighted by atomic mass is 10.1. The molecule has 1 N–H and O–H groups in total. The Bertz CT molecular complexity index is 587. The molecule has 0 saturated carbocycles. The fourth-order valence-corrected chi connectivity index (χ4v) is 1.99. The summed E-state index contributed by atoms with van der Waals surface area (Å²) in [6.45, 7) is 7.45. The number of nitrogens with one attached hydrogen (secondary N) is 1. The van der Waals surface area contributed by atoms with Gasteiger partial charge in [0.15, 0.2) is 0 Å². The average molecular weight is 304 g/mol. The van der Waals surface area contributed by atoms with Gasteiger partial charge < -0.3 is 10.1 Å². The highest BCUT2D eigenvalue weighted by Crippen LogP contribution is 2.16. The van der Waals surface area contributed by atoms with E-state index in [0.29, 0.717) is 5.70 Å². The Morgan fingerprint density at radius 1 is 1.52 bits per heavy atom. The summed E-state index contributed by atoms with van der Waals surface area (Å²) >= 11 is 5.06. The lowest BCUT2D eigenvalue weighted by molar-refractivity contribution is 0.361. The summed E-state index contributed by atoms with van der Waals surface area (Å²) < 4.78 is 18.1. The number of nitrogens with zero attached hydrogens (tertiary/aromatic N) is 1. The van der Waals surface area contributed by atoms with Crippen LogP contribution in [0.2, 0.25) is 0 Å². The molecule has 1 unspecified atom stereocenters. The van der Waals surface area contributed by atoms with Gasteiger partial charge in [-0.1, -0.05) is 24.8 Å². The molecule has 0 bridgehead atoms.